The van der Waals surface area contributed by atoms with Gasteiger partial charge in [-0.05, 0) is 51.4 Å². The number of alkyl halides is 3. The van der Waals surface area contributed by atoms with E-state index < -0.39 is 12.2 Å². The first-order chi connectivity index (χ1) is 14.8. The van der Waals surface area contributed by atoms with E-state index in [4.69, 9.17) is 9.47 Å². The maximum Gasteiger partial charge on any atom is 0.410 e. The molecule has 0 aromatic carbocycles. The van der Waals surface area contributed by atoms with Gasteiger partial charge in [-0.2, -0.15) is 18.3 Å². The van der Waals surface area contributed by atoms with Gasteiger partial charge < -0.3 is 19.7 Å². The molecular weight excluding hydrogens is 413 g/mol. The van der Waals surface area contributed by atoms with Gasteiger partial charge in [0.1, 0.15) is 12.4 Å². The minimum atomic E-state index is -4.34. The Morgan fingerprint density at radius 1 is 1.29 bits per heavy atom. The quantitative estimate of drug-likeness (QED) is 0.755. The molecule has 2 fully saturated rings. The number of nitrogens with one attached hydrogen (secondary N) is 1. The number of aryl methyl sites for hydroxylation is 1. The van der Waals surface area contributed by atoms with E-state index in [1.54, 1.807) is 17.9 Å². The zero-order chi connectivity index (χ0) is 22.0. The molecule has 3 aliphatic heterocycles. The number of carbonyl (C=O) groups excluding carboxylic acids is 1. The molecule has 1 N–H and O–H groups in total. The topological polar surface area (TPSA) is 68.6 Å². The van der Waals surface area contributed by atoms with Crippen LogP contribution in [0, 0.1) is 12.8 Å². The van der Waals surface area contributed by atoms with Gasteiger partial charge in [-0.3, -0.25) is 4.79 Å². The van der Waals surface area contributed by atoms with E-state index in [-0.39, 0.29) is 37.0 Å². The molecule has 0 bridgehead atoms. The Labute approximate surface area is 180 Å². The van der Waals surface area contributed by atoms with Crippen molar-refractivity contribution in [1.29, 1.82) is 0 Å². The summed E-state index contributed by atoms with van der Waals surface area (Å²) >= 11 is 0. The average molecular weight is 444 g/mol. The third-order valence-electron chi connectivity index (χ3n) is 6.61. The van der Waals surface area contributed by atoms with Crippen LogP contribution in [0.5, 0.6) is 0 Å². The van der Waals surface area contributed by atoms with Gasteiger partial charge in [-0.25, -0.2) is 4.68 Å². The monoisotopic (exact) mass is 444 g/mol. The van der Waals surface area contributed by atoms with E-state index in [0.29, 0.717) is 44.0 Å². The number of rotatable bonds is 5. The number of nitrogens with zero attached hydrogens (tertiary/aromatic N) is 3. The first kappa shape index (κ1) is 22.4. The van der Waals surface area contributed by atoms with Crippen LogP contribution in [0.1, 0.15) is 50.3 Å². The second kappa shape index (κ2) is 9.36. The van der Waals surface area contributed by atoms with Crippen LogP contribution < -0.4 is 5.32 Å². The third kappa shape index (κ3) is 5.34. The smallest absolute Gasteiger partial charge is 0.376 e. The normalized spacial score (nSPS) is 27.6. The van der Waals surface area contributed by atoms with E-state index in [9.17, 15) is 18.0 Å². The molecule has 3 aliphatic rings. The largest absolute Gasteiger partial charge is 0.410 e. The molecule has 1 aromatic rings. The molecule has 31 heavy (non-hydrogen) atoms. The number of hydrogen-bond acceptors (Lipinski definition) is 5. The van der Waals surface area contributed by atoms with Crippen LogP contribution in [0.25, 0.3) is 0 Å². The summed E-state index contributed by atoms with van der Waals surface area (Å²) in [5, 5.41) is 7.30. The van der Waals surface area contributed by atoms with Gasteiger partial charge in [0.15, 0.2) is 6.04 Å². The number of aromatic nitrogens is 2. The summed E-state index contributed by atoms with van der Waals surface area (Å²) in [6.45, 7) is 3.99. The number of halogens is 3. The number of anilines is 1. The van der Waals surface area contributed by atoms with Gasteiger partial charge in [-0.1, -0.05) is 0 Å². The van der Waals surface area contributed by atoms with E-state index in [1.165, 1.54) is 0 Å². The van der Waals surface area contributed by atoms with Gasteiger partial charge >= 0.3 is 6.18 Å². The maximum absolute atomic E-state index is 13.6. The Balaban J connectivity index is 1.27. The van der Waals surface area contributed by atoms with Gasteiger partial charge in [0.05, 0.1) is 18.4 Å². The summed E-state index contributed by atoms with van der Waals surface area (Å²) in [4.78, 5) is 14.2. The summed E-state index contributed by atoms with van der Waals surface area (Å²) in [5.74, 6) is 0.440. The molecule has 2 saturated heterocycles. The molecular formula is C21H31F3N4O3. The molecule has 7 nitrogen and oxygen atoms in total. The Hall–Kier alpha value is -1.81. The van der Waals surface area contributed by atoms with Crippen LogP contribution in [0.4, 0.5) is 19.0 Å². The Bertz CT molecular complexity index is 756. The molecule has 0 spiro atoms. The van der Waals surface area contributed by atoms with Crippen molar-refractivity contribution in [2.75, 3.05) is 38.2 Å². The maximum atomic E-state index is 13.6. The predicted octanol–water partition coefficient (Wildman–Crippen LogP) is 3.30. The molecule has 0 aliphatic carbocycles. The predicted molar refractivity (Wildman–Crippen MR) is 108 cm³/mol. The summed E-state index contributed by atoms with van der Waals surface area (Å²) in [6.07, 6.45) is 0.199. The van der Waals surface area contributed by atoms with E-state index >= 15 is 0 Å². The highest BCUT2D eigenvalue weighted by Crippen LogP contribution is 2.42. The molecule has 10 heteroatoms. The fourth-order valence-electron chi connectivity index (χ4n) is 4.89. The van der Waals surface area contributed by atoms with E-state index in [2.05, 4.69) is 10.4 Å². The highest BCUT2D eigenvalue weighted by atomic mass is 19.4. The van der Waals surface area contributed by atoms with Crippen LogP contribution in [-0.2, 0) is 14.3 Å². The molecule has 0 saturated carbocycles. The number of amides is 1. The summed E-state index contributed by atoms with van der Waals surface area (Å²) in [5.41, 5.74) is 0.566. The molecule has 4 heterocycles. The SMILES string of the molecule is Cc1cc2n(n1)[C@@H](C(F)(F)F)C[C@@H](C1CCN(C(=O)COC[C@H]3CCCCO3)CC1)N2. The van der Waals surface area contributed by atoms with Crippen molar-refractivity contribution in [2.45, 2.75) is 69.8 Å². The molecule has 3 atom stereocenters. The van der Waals surface area contributed by atoms with Crippen molar-refractivity contribution < 1.29 is 27.4 Å². The lowest BCUT2D eigenvalue weighted by Crippen LogP contribution is -2.47. The minimum Gasteiger partial charge on any atom is -0.376 e. The lowest BCUT2D eigenvalue weighted by molar-refractivity contribution is -0.174. The number of carbonyl (C=O) groups is 1. The summed E-state index contributed by atoms with van der Waals surface area (Å²) in [6, 6.07) is -0.235. The van der Waals surface area contributed by atoms with Crippen LogP contribution in [0.15, 0.2) is 6.07 Å². The molecule has 4 rings (SSSR count). The Morgan fingerprint density at radius 2 is 2.06 bits per heavy atom. The van der Waals surface area contributed by atoms with Gasteiger partial charge in [0.2, 0.25) is 5.91 Å². The van der Waals surface area contributed by atoms with Gasteiger partial charge in [0.25, 0.3) is 0 Å². The van der Waals surface area contributed by atoms with Crippen molar-refractivity contribution >= 4 is 11.7 Å². The lowest BCUT2D eigenvalue weighted by atomic mass is 9.84. The molecule has 1 amide bonds. The van der Waals surface area contributed by atoms with Crippen molar-refractivity contribution in [3.05, 3.63) is 11.8 Å². The van der Waals surface area contributed by atoms with Crippen LogP contribution in [0.2, 0.25) is 0 Å². The Morgan fingerprint density at radius 3 is 2.74 bits per heavy atom. The van der Waals surface area contributed by atoms with Crippen molar-refractivity contribution in [3.8, 4) is 0 Å². The molecule has 0 unspecified atom stereocenters. The van der Waals surface area contributed by atoms with Crippen molar-refractivity contribution in [2.24, 2.45) is 5.92 Å². The van der Waals surface area contributed by atoms with Gasteiger partial charge in [0, 0.05) is 31.8 Å². The fraction of sp³-hybridized carbons (Fsp3) is 0.810. The first-order valence-electron chi connectivity index (χ1n) is 11.2. The first-order valence-corrected chi connectivity index (χ1v) is 11.2. The zero-order valence-corrected chi connectivity index (χ0v) is 17.9. The van der Waals surface area contributed by atoms with Crippen molar-refractivity contribution in [1.82, 2.24) is 14.7 Å². The molecule has 0 radical (unpaired) electrons. The second-order valence-electron chi connectivity index (χ2n) is 8.88. The highest BCUT2D eigenvalue weighted by molar-refractivity contribution is 5.77. The third-order valence-corrected chi connectivity index (χ3v) is 6.61. The summed E-state index contributed by atoms with van der Waals surface area (Å²) < 4.78 is 53.1. The average Bonchev–Trinajstić information content (AvgIpc) is 3.13. The highest BCUT2D eigenvalue weighted by Gasteiger charge is 2.47. The zero-order valence-electron chi connectivity index (χ0n) is 17.9. The molecule has 1 aromatic heterocycles. The van der Waals surface area contributed by atoms with E-state index in [0.717, 1.165) is 30.6 Å². The lowest BCUT2D eigenvalue weighted by Gasteiger charge is -2.41. The minimum absolute atomic E-state index is 0.0286. The number of hydrogen-bond donors (Lipinski definition) is 1. The number of ether oxygens (including phenoxy) is 2. The van der Waals surface area contributed by atoms with Crippen LogP contribution in [-0.4, -0.2) is 71.8 Å². The summed E-state index contributed by atoms with van der Waals surface area (Å²) in [7, 11) is 0. The number of likely N-dealkylation sites (tertiary alicyclic amines) is 1. The second-order valence-corrected chi connectivity index (χ2v) is 8.88. The molecule has 174 valence electrons. The van der Waals surface area contributed by atoms with Crippen LogP contribution >= 0.6 is 0 Å². The number of fused-ring (bicyclic) bond motifs is 1. The number of piperidine rings is 1. The van der Waals surface area contributed by atoms with E-state index in [1.807, 2.05) is 0 Å². The standard InChI is InChI=1S/C21H31F3N4O3/c1-14-10-19-25-17(11-18(21(22,23)24)28(19)26-14)15-5-7-27(8-6-15)20(29)13-30-12-16-4-2-3-9-31-16/h10,15-18,25H,2-9,11-13H2,1H3/t16-,17+,18-/m1/s1. The van der Waals surface area contributed by atoms with Crippen molar-refractivity contribution in [3.63, 3.8) is 0 Å². The van der Waals surface area contributed by atoms with Crippen LogP contribution in [0.3, 0.4) is 0 Å². The van der Waals surface area contributed by atoms with Gasteiger partial charge in [-0.15, -0.1) is 0 Å². The Kier molecular flexibility index (Phi) is 6.76. The fourth-order valence-corrected chi connectivity index (χ4v) is 4.89.